The van der Waals surface area contributed by atoms with Gasteiger partial charge in [-0.3, -0.25) is 19.2 Å². The van der Waals surface area contributed by atoms with Crippen molar-refractivity contribution in [3.05, 3.63) is 124 Å². The molecule has 0 radical (unpaired) electrons. The van der Waals surface area contributed by atoms with Gasteiger partial charge in [0.15, 0.2) is 0 Å². The fraction of sp³-hybridized carbons (Fsp3) is 0.366. The first-order valence-corrected chi connectivity index (χ1v) is 19.0. The van der Waals surface area contributed by atoms with E-state index in [2.05, 4.69) is 15.9 Å². The van der Waals surface area contributed by atoms with E-state index in [1.165, 1.54) is 9.80 Å². The molecule has 4 heterocycles. The lowest BCUT2D eigenvalue weighted by Gasteiger charge is -2.39. The number of ether oxygens (including phenoxy) is 2. The standard InChI is InChI=1S/C41H41BrClN3O7/c1-25-35(27-16-8-4-9-17-27)52-40(51)33-34-38(49)46(28(24-47)22-26-14-6-3-7-15-26)37(41(34)23-29(42)36(33)53-41)39(50)45(31-19-12-11-18-30(31)43)21-13-5-10-20-32(48)44(25)2/h3-9,11-19,23,25,28,33-37,47H,10,20-22,24H2,1-2H3/b13-5-/t25-,28-,33+,34-,35+,36+,37+,41-/m1/s1. The molecule has 0 aromatic heterocycles. The number of allylic oxidation sites excluding steroid dienone is 1. The lowest BCUT2D eigenvalue weighted by molar-refractivity contribution is -0.164. The van der Waals surface area contributed by atoms with Crippen molar-refractivity contribution in [3.8, 4) is 0 Å². The van der Waals surface area contributed by atoms with Crippen molar-refractivity contribution >= 4 is 56.9 Å². The molecule has 3 aromatic carbocycles. The second-order valence-corrected chi connectivity index (χ2v) is 15.3. The topological polar surface area (TPSA) is 117 Å². The molecule has 0 unspecified atom stereocenters. The summed E-state index contributed by atoms with van der Waals surface area (Å²) in [6.07, 6.45) is 4.44. The highest BCUT2D eigenvalue weighted by atomic mass is 79.9. The third kappa shape index (κ3) is 6.62. The molecule has 3 aromatic rings. The molecule has 1 spiro atoms. The Balaban J connectivity index is 1.39. The number of amides is 3. The molecule has 4 aliphatic heterocycles. The first kappa shape index (κ1) is 37.0. The number of anilines is 1. The van der Waals surface area contributed by atoms with E-state index >= 15 is 9.59 Å². The van der Waals surface area contributed by atoms with Crippen LogP contribution in [0.2, 0.25) is 5.02 Å². The monoisotopic (exact) mass is 801 g/mol. The number of hydrogen-bond donors (Lipinski definition) is 1. The van der Waals surface area contributed by atoms with Gasteiger partial charge in [-0.15, -0.1) is 0 Å². The maximum absolute atomic E-state index is 15.3. The van der Waals surface area contributed by atoms with Crippen molar-refractivity contribution in [1.82, 2.24) is 9.80 Å². The Labute approximate surface area is 322 Å². The van der Waals surface area contributed by atoms with Crippen LogP contribution in [0.5, 0.6) is 0 Å². The fourth-order valence-electron chi connectivity index (χ4n) is 8.26. The molecule has 10 nitrogen and oxygen atoms in total. The maximum Gasteiger partial charge on any atom is 0.313 e. The van der Waals surface area contributed by atoms with Gasteiger partial charge in [0.1, 0.15) is 29.8 Å². The number of esters is 1. The molecule has 53 heavy (non-hydrogen) atoms. The quantitative estimate of drug-likeness (QED) is 0.254. The summed E-state index contributed by atoms with van der Waals surface area (Å²) in [5.41, 5.74) is 0.380. The van der Waals surface area contributed by atoms with Crippen molar-refractivity contribution in [3.63, 3.8) is 0 Å². The molecule has 2 saturated heterocycles. The van der Waals surface area contributed by atoms with Gasteiger partial charge in [0, 0.05) is 24.5 Å². The minimum Gasteiger partial charge on any atom is -0.455 e. The van der Waals surface area contributed by atoms with E-state index in [9.17, 15) is 14.7 Å². The van der Waals surface area contributed by atoms with Crippen LogP contribution in [0.1, 0.15) is 37.0 Å². The third-order valence-corrected chi connectivity index (χ3v) is 12.0. The summed E-state index contributed by atoms with van der Waals surface area (Å²) in [6.45, 7) is 1.45. The van der Waals surface area contributed by atoms with Crippen LogP contribution in [0.4, 0.5) is 5.69 Å². The highest BCUT2D eigenvalue weighted by Gasteiger charge is 2.75. The minimum atomic E-state index is -1.58. The number of fused-ring (bicyclic) bond motifs is 2. The highest BCUT2D eigenvalue weighted by molar-refractivity contribution is 9.11. The molecule has 2 fully saturated rings. The molecule has 0 saturated carbocycles. The Morgan fingerprint density at radius 2 is 1.60 bits per heavy atom. The summed E-state index contributed by atoms with van der Waals surface area (Å²) in [5.74, 6) is -4.10. The zero-order valence-electron chi connectivity index (χ0n) is 29.4. The Morgan fingerprint density at radius 1 is 0.925 bits per heavy atom. The average molecular weight is 803 g/mol. The van der Waals surface area contributed by atoms with Crippen LogP contribution < -0.4 is 4.90 Å². The van der Waals surface area contributed by atoms with Gasteiger partial charge in [-0.05, 0) is 49.1 Å². The number of aliphatic hydroxyl groups excluding tert-OH is 1. The van der Waals surface area contributed by atoms with Gasteiger partial charge in [0.05, 0.1) is 35.3 Å². The molecule has 12 heteroatoms. The van der Waals surface area contributed by atoms with Crippen LogP contribution in [-0.2, 0) is 35.1 Å². The van der Waals surface area contributed by atoms with Gasteiger partial charge in [0.25, 0.3) is 5.91 Å². The zero-order chi connectivity index (χ0) is 37.4. The Bertz CT molecular complexity index is 1940. The van der Waals surface area contributed by atoms with E-state index in [0.29, 0.717) is 27.2 Å². The van der Waals surface area contributed by atoms with E-state index in [0.717, 1.165) is 5.56 Å². The number of carbonyl (C=O) groups is 4. The molecule has 276 valence electrons. The van der Waals surface area contributed by atoms with Crippen LogP contribution in [0.15, 0.2) is 108 Å². The van der Waals surface area contributed by atoms with E-state index < -0.39 is 72.2 Å². The summed E-state index contributed by atoms with van der Waals surface area (Å²) < 4.78 is 13.6. The van der Waals surface area contributed by atoms with Gasteiger partial charge >= 0.3 is 5.97 Å². The van der Waals surface area contributed by atoms with Gasteiger partial charge in [-0.1, -0.05) is 112 Å². The number of likely N-dealkylation sites (tertiary alicyclic amines) is 1. The van der Waals surface area contributed by atoms with Crippen molar-refractivity contribution in [2.75, 3.05) is 25.1 Å². The SMILES string of the molecule is C[C@@H]1[C@@H](c2ccccc2)OC(=O)[C@@H]2[C@H]3O[C@@]4(C=C3Br)[C@H](C(=O)N(c3ccccc3Cl)C/C=C\CCC(=O)N1C)N([C@@H](CO)Cc1ccccc1)C(=O)[C@@H]24. The Kier molecular flexibility index (Phi) is 10.6. The minimum absolute atomic E-state index is 0.0701. The van der Waals surface area contributed by atoms with E-state index in [4.69, 9.17) is 21.1 Å². The summed E-state index contributed by atoms with van der Waals surface area (Å²) in [4.78, 5) is 63.0. The number of para-hydroxylation sites is 1. The molecule has 0 aliphatic carbocycles. The molecule has 8 atom stereocenters. The summed E-state index contributed by atoms with van der Waals surface area (Å²) in [5, 5.41) is 11.3. The first-order chi connectivity index (χ1) is 25.6. The average Bonchev–Trinajstić information content (AvgIpc) is 3.77. The molecule has 3 amide bonds. The number of halogens is 2. The normalized spacial score (nSPS) is 30.3. The highest BCUT2D eigenvalue weighted by Crippen LogP contribution is 2.59. The number of cyclic esters (lactones) is 1. The Morgan fingerprint density at radius 3 is 2.30 bits per heavy atom. The number of nitrogens with zero attached hydrogens (tertiary/aromatic N) is 3. The summed E-state index contributed by atoms with van der Waals surface area (Å²) in [6, 6.07) is 22.9. The van der Waals surface area contributed by atoms with Gasteiger partial charge in [-0.2, -0.15) is 0 Å². The number of hydrogen-bond acceptors (Lipinski definition) is 7. The van der Waals surface area contributed by atoms with E-state index in [1.54, 1.807) is 48.4 Å². The number of benzene rings is 3. The fourth-order valence-corrected chi connectivity index (χ4v) is 9.24. The van der Waals surface area contributed by atoms with E-state index in [1.807, 2.05) is 73.7 Å². The van der Waals surface area contributed by atoms with Gasteiger partial charge < -0.3 is 29.3 Å². The molecule has 1 N–H and O–H groups in total. The van der Waals surface area contributed by atoms with Gasteiger partial charge in [-0.25, -0.2) is 0 Å². The number of carbonyl (C=O) groups excluding carboxylic acids is 4. The van der Waals surface area contributed by atoms with Crippen LogP contribution in [0.25, 0.3) is 0 Å². The van der Waals surface area contributed by atoms with Crippen molar-refractivity contribution in [2.24, 2.45) is 11.8 Å². The first-order valence-electron chi connectivity index (χ1n) is 17.8. The number of aliphatic hydroxyl groups is 1. The molecular formula is C41H41BrClN3O7. The van der Waals surface area contributed by atoms with Crippen LogP contribution in [-0.4, -0.2) is 88.6 Å². The molecule has 4 aliphatic rings. The zero-order valence-corrected chi connectivity index (χ0v) is 31.7. The van der Waals surface area contributed by atoms with Crippen LogP contribution in [0.3, 0.4) is 0 Å². The largest absolute Gasteiger partial charge is 0.455 e. The lowest BCUT2D eigenvalue weighted by Crippen LogP contribution is -2.59. The maximum atomic E-state index is 15.3. The van der Waals surface area contributed by atoms with Crippen LogP contribution in [0, 0.1) is 11.8 Å². The van der Waals surface area contributed by atoms with E-state index in [-0.39, 0.29) is 25.3 Å². The summed E-state index contributed by atoms with van der Waals surface area (Å²) in [7, 11) is 1.69. The van der Waals surface area contributed by atoms with Crippen molar-refractivity contribution in [1.29, 1.82) is 0 Å². The van der Waals surface area contributed by atoms with Gasteiger partial charge in [0.2, 0.25) is 11.8 Å². The predicted molar refractivity (Wildman–Crippen MR) is 203 cm³/mol. The van der Waals surface area contributed by atoms with Crippen molar-refractivity contribution < 1.29 is 33.8 Å². The third-order valence-electron chi connectivity index (χ3n) is 11.0. The Hall–Kier alpha value is -4.29. The lowest BCUT2D eigenvalue weighted by atomic mass is 9.74. The number of likely N-dealkylation sites (N-methyl/N-ethyl adjacent to an activating group) is 1. The second-order valence-electron chi connectivity index (χ2n) is 14.0. The molecular weight excluding hydrogens is 762 g/mol. The second kappa shape index (κ2) is 15.2. The molecule has 5 bridgehead atoms. The smallest absolute Gasteiger partial charge is 0.313 e. The number of rotatable bonds is 6. The van der Waals surface area contributed by atoms with Crippen molar-refractivity contribution in [2.45, 2.75) is 62.1 Å². The molecule has 7 rings (SSSR count). The summed E-state index contributed by atoms with van der Waals surface area (Å²) >= 11 is 10.4. The van der Waals surface area contributed by atoms with Crippen LogP contribution >= 0.6 is 27.5 Å². The predicted octanol–water partition coefficient (Wildman–Crippen LogP) is 5.63.